The second-order valence-corrected chi connectivity index (χ2v) is 6.71. The lowest BCUT2D eigenvalue weighted by Gasteiger charge is -2.23. The van der Waals surface area contributed by atoms with Crippen LogP contribution in [0.1, 0.15) is 28.3 Å². The summed E-state index contributed by atoms with van der Waals surface area (Å²) in [6.45, 7) is 1.81. The summed E-state index contributed by atoms with van der Waals surface area (Å²) in [5, 5.41) is 0.880. The number of fused-ring (bicyclic) bond motifs is 1. The number of carbonyl (C=O) groups excluding carboxylic acids is 2. The lowest BCUT2D eigenvalue weighted by molar-refractivity contribution is -0.134. The smallest absolute Gasteiger partial charge is 0.260 e. The third-order valence-electron chi connectivity index (χ3n) is 4.04. The molecule has 1 aromatic heterocycles. The number of hydrogen-bond donors (Lipinski definition) is 0. The summed E-state index contributed by atoms with van der Waals surface area (Å²) in [4.78, 5) is 29.6. The molecule has 0 unspecified atom stereocenters. The molecule has 0 aliphatic carbocycles. The Kier molecular flexibility index (Phi) is 5.09. The van der Waals surface area contributed by atoms with Gasteiger partial charge in [-0.15, -0.1) is 11.3 Å². The molecule has 0 spiro atoms. The molecule has 0 radical (unpaired) electrons. The summed E-state index contributed by atoms with van der Waals surface area (Å²) in [6, 6.07) is 14.6. The summed E-state index contributed by atoms with van der Waals surface area (Å²) in [6.07, 6.45) is 0.716. The van der Waals surface area contributed by atoms with Crippen LogP contribution in [0.2, 0.25) is 0 Å². The van der Waals surface area contributed by atoms with E-state index < -0.39 is 0 Å². The minimum atomic E-state index is -0.174. The summed E-state index contributed by atoms with van der Waals surface area (Å²) < 4.78 is 6.61. The van der Waals surface area contributed by atoms with Crippen molar-refractivity contribution in [3.63, 3.8) is 0 Å². The molecule has 2 aromatic carbocycles. The van der Waals surface area contributed by atoms with E-state index >= 15 is 0 Å². The van der Waals surface area contributed by atoms with Crippen LogP contribution in [-0.4, -0.2) is 35.7 Å². The molecule has 6 heteroatoms. The zero-order chi connectivity index (χ0) is 17.8. The van der Waals surface area contributed by atoms with Crippen molar-refractivity contribution in [3.8, 4) is 5.75 Å². The van der Waals surface area contributed by atoms with Gasteiger partial charge < -0.3 is 9.64 Å². The number of benzene rings is 2. The fourth-order valence-corrected chi connectivity index (χ4v) is 3.46. The number of nitrogens with zero attached hydrogens (tertiary/aromatic N) is 2. The zero-order valence-electron chi connectivity index (χ0n) is 14.0. The quantitative estimate of drug-likeness (QED) is 0.633. The van der Waals surface area contributed by atoms with Crippen molar-refractivity contribution in [2.24, 2.45) is 0 Å². The zero-order valence-corrected chi connectivity index (χ0v) is 14.8. The highest BCUT2D eigenvalue weighted by Gasteiger charge is 2.21. The van der Waals surface area contributed by atoms with E-state index in [1.165, 1.54) is 0 Å². The van der Waals surface area contributed by atoms with Gasteiger partial charge in [0.25, 0.3) is 5.91 Å². The van der Waals surface area contributed by atoms with Crippen LogP contribution in [0.4, 0.5) is 0 Å². The molecule has 0 fully saturated rings. The first-order valence-corrected chi connectivity index (χ1v) is 8.70. The van der Waals surface area contributed by atoms with Crippen LogP contribution >= 0.6 is 11.3 Å². The van der Waals surface area contributed by atoms with Crippen molar-refractivity contribution >= 4 is 33.7 Å². The Morgan fingerprint density at radius 2 is 1.96 bits per heavy atom. The topological polar surface area (TPSA) is 59.5 Å². The van der Waals surface area contributed by atoms with Gasteiger partial charge in [0.05, 0.1) is 21.8 Å². The summed E-state index contributed by atoms with van der Waals surface area (Å²) in [5.41, 5.74) is 1.36. The monoisotopic (exact) mass is 354 g/mol. The molecule has 0 bridgehead atoms. The Morgan fingerprint density at radius 1 is 1.24 bits per heavy atom. The summed E-state index contributed by atoms with van der Waals surface area (Å²) >= 11 is 1.58. The van der Waals surface area contributed by atoms with E-state index in [-0.39, 0.29) is 18.6 Å². The average Bonchev–Trinajstić information content (AvgIpc) is 3.09. The molecule has 0 aliphatic rings. The lowest BCUT2D eigenvalue weighted by Crippen LogP contribution is -2.33. The largest absolute Gasteiger partial charge is 0.483 e. The molecule has 1 amide bonds. The number of ether oxygens (including phenoxy) is 1. The highest BCUT2D eigenvalue weighted by Crippen LogP contribution is 2.28. The van der Waals surface area contributed by atoms with E-state index in [4.69, 9.17) is 4.74 Å². The number of aldehydes is 1. The Morgan fingerprint density at radius 3 is 2.72 bits per heavy atom. The Hall–Kier alpha value is -2.73. The Labute approximate surface area is 149 Å². The van der Waals surface area contributed by atoms with Gasteiger partial charge in [-0.2, -0.15) is 0 Å². The van der Waals surface area contributed by atoms with Crippen LogP contribution < -0.4 is 4.74 Å². The number of carbonyl (C=O) groups is 2. The van der Waals surface area contributed by atoms with Gasteiger partial charge in [-0.1, -0.05) is 24.3 Å². The van der Waals surface area contributed by atoms with Gasteiger partial charge in [-0.25, -0.2) is 4.98 Å². The number of rotatable bonds is 6. The van der Waals surface area contributed by atoms with Gasteiger partial charge in [-0.05, 0) is 31.2 Å². The SMILES string of the molecule is C[C@H](c1nc2ccccc2s1)N(C)C(=O)COc1ccccc1C=O. The molecule has 5 nitrogen and oxygen atoms in total. The number of thiazole rings is 1. The van der Waals surface area contributed by atoms with Crippen molar-refractivity contribution in [1.82, 2.24) is 9.88 Å². The number of hydrogen-bond acceptors (Lipinski definition) is 5. The third kappa shape index (κ3) is 3.69. The van der Waals surface area contributed by atoms with Crippen LogP contribution in [0.15, 0.2) is 48.5 Å². The average molecular weight is 354 g/mol. The maximum atomic E-state index is 12.4. The first-order chi connectivity index (χ1) is 12.1. The Bertz CT molecular complexity index is 873. The van der Waals surface area contributed by atoms with Crippen molar-refractivity contribution in [3.05, 3.63) is 59.1 Å². The predicted octanol–water partition coefficient (Wildman–Crippen LogP) is 3.71. The van der Waals surface area contributed by atoms with Crippen molar-refractivity contribution in [2.45, 2.75) is 13.0 Å². The van der Waals surface area contributed by atoms with Gasteiger partial charge >= 0.3 is 0 Å². The normalized spacial score (nSPS) is 11.9. The second-order valence-electron chi connectivity index (χ2n) is 5.64. The van der Waals surface area contributed by atoms with Crippen LogP contribution in [0.3, 0.4) is 0 Å². The van der Waals surface area contributed by atoms with E-state index in [1.54, 1.807) is 47.5 Å². The highest BCUT2D eigenvalue weighted by atomic mass is 32.1. The molecule has 25 heavy (non-hydrogen) atoms. The predicted molar refractivity (Wildman–Crippen MR) is 98.1 cm³/mol. The molecule has 0 saturated heterocycles. The van der Waals surface area contributed by atoms with E-state index in [0.717, 1.165) is 15.2 Å². The minimum absolute atomic E-state index is 0.128. The van der Waals surface area contributed by atoms with E-state index in [0.29, 0.717) is 17.6 Å². The third-order valence-corrected chi connectivity index (χ3v) is 5.25. The first-order valence-electron chi connectivity index (χ1n) is 7.88. The van der Waals surface area contributed by atoms with E-state index in [9.17, 15) is 9.59 Å². The molecule has 0 aliphatic heterocycles. The summed E-state index contributed by atoms with van der Waals surface area (Å²) in [5.74, 6) is 0.236. The number of aromatic nitrogens is 1. The molecule has 128 valence electrons. The van der Waals surface area contributed by atoms with Crippen LogP contribution in [0.25, 0.3) is 10.2 Å². The van der Waals surface area contributed by atoms with Gasteiger partial charge in [-0.3, -0.25) is 9.59 Å². The highest BCUT2D eigenvalue weighted by molar-refractivity contribution is 7.18. The van der Waals surface area contributed by atoms with Crippen LogP contribution in [0, 0.1) is 0 Å². The fourth-order valence-electron chi connectivity index (χ4n) is 2.40. The van der Waals surface area contributed by atoms with Crippen molar-refractivity contribution < 1.29 is 14.3 Å². The van der Waals surface area contributed by atoms with Crippen molar-refractivity contribution in [1.29, 1.82) is 0 Å². The van der Waals surface area contributed by atoms with Crippen LogP contribution in [-0.2, 0) is 4.79 Å². The van der Waals surface area contributed by atoms with E-state index in [1.807, 2.05) is 31.2 Å². The van der Waals surface area contributed by atoms with Crippen LogP contribution in [0.5, 0.6) is 5.75 Å². The first kappa shape index (κ1) is 17.1. The van der Waals surface area contributed by atoms with Gasteiger partial charge in [0.15, 0.2) is 12.9 Å². The maximum absolute atomic E-state index is 12.4. The van der Waals surface area contributed by atoms with Crippen molar-refractivity contribution in [2.75, 3.05) is 13.7 Å². The standard InChI is InChI=1S/C19H18N2O3S/c1-13(19-20-15-8-4-6-10-17(15)25-19)21(2)18(23)12-24-16-9-5-3-7-14(16)11-22/h3-11,13H,12H2,1-2H3/t13-/m1/s1. The molecule has 1 atom stereocenters. The Balaban J connectivity index is 1.68. The van der Waals surface area contributed by atoms with Gasteiger partial charge in [0.2, 0.25) is 0 Å². The second kappa shape index (κ2) is 7.44. The molecule has 3 aromatic rings. The molecule has 3 rings (SSSR count). The molecule has 0 N–H and O–H groups in total. The summed E-state index contributed by atoms with van der Waals surface area (Å²) in [7, 11) is 1.73. The maximum Gasteiger partial charge on any atom is 0.260 e. The van der Waals surface area contributed by atoms with Gasteiger partial charge in [0, 0.05) is 7.05 Å². The molecule has 1 heterocycles. The van der Waals surface area contributed by atoms with E-state index in [2.05, 4.69) is 4.98 Å². The molecular weight excluding hydrogens is 336 g/mol. The molecule has 0 saturated carbocycles. The van der Waals surface area contributed by atoms with Gasteiger partial charge in [0.1, 0.15) is 10.8 Å². The number of para-hydroxylation sites is 2. The molecular formula is C19H18N2O3S. The minimum Gasteiger partial charge on any atom is -0.483 e. The number of likely N-dealkylation sites (N-methyl/N-ethyl adjacent to an activating group) is 1. The lowest BCUT2D eigenvalue weighted by atomic mass is 10.2. The number of amides is 1. The fraction of sp³-hybridized carbons (Fsp3) is 0.211.